The lowest BCUT2D eigenvalue weighted by atomic mass is 10.2. The van der Waals surface area contributed by atoms with Gasteiger partial charge in [-0.1, -0.05) is 0 Å². The van der Waals surface area contributed by atoms with Crippen LogP contribution in [-0.2, 0) is 13.6 Å². The van der Waals surface area contributed by atoms with Gasteiger partial charge in [0.15, 0.2) is 0 Å². The van der Waals surface area contributed by atoms with Crippen LogP contribution in [0.25, 0.3) is 0 Å². The standard InChI is InChI=1S/C11H16BrN5/c1-6-9(11(13)16(4)14-6)5-17-8(3)10(12)7(2)15-17/h5,13H2,1-4H3. The monoisotopic (exact) mass is 297 g/mol. The summed E-state index contributed by atoms with van der Waals surface area (Å²) in [7, 11) is 1.85. The molecule has 2 aromatic rings. The number of aryl methyl sites for hydroxylation is 3. The minimum absolute atomic E-state index is 0.657. The summed E-state index contributed by atoms with van der Waals surface area (Å²) in [5.41, 5.74) is 10.1. The lowest BCUT2D eigenvalue weighted by molar-refractivity contribution is 0.657. The Kier molecular flexibility index (Phi) is 2.99. The Morgan fingerprint density at radius 3 is 2.24 bits per heavy atom. The second-order valence-electron chi connectivity index (χ2n) is 4.22. The van der Waals surface area contributed by atoms with E-state index in [0.717, 1.165) is 27.1 Å². The molecule has 2 aromatic heterocycles. The third-order valence-corrected chi connectivity index (χ3v) is 4.14. The third-order valence-electron chi connectivity index (χ3n) is 3.00. The largest absolute Gasteiger partial charge is 0.384 e. The van der Waals surface area contributed by atoms with Crippen LogP contribution in [0.5, 0.6) is 0 Å². The molecule has 0 unspecified atom stereocenters. The highest BCUT2D eigenvalue weighted by Gasteiger charge is 2.14. The molecule has 0 aliphatic carbocycles. The van der Waals surface area contributed by atoms with Crippen molar-refractivity contribution in [2.75, 3.05) is 5.73 Å². The molecule has 0 fully saturated rings. The Hall–Kier alpha value is -1.30. The summed E-state index contributed by atoms with van der Waals surface area (Å²) < 4.78 is 4.70. The van der Waals surface area contributed by atoms with Crippen LogP contribution in [0.2, 0.25) is 0 Å². The van der Waals surface area contributed by atoms with E-state index in [2.05, 4.69) is 26.1 Å². The Balaban J connectivity index is 2.41. The molecule has 0 saturated heterocycles. The van der Waals surface area contributed by atoms with Crippen LogP contribution in [-0.4, -0.2) is 19.6 Å². The molecule has 2 N–H and O–H groups in total. The van der Waals surface area contributed by atoms with Crippen molar-refractivity contribution in [3.05, 3.63) is 27.1 Å². The highest BCUT2D eigenvalue weighted by atomic mass is 79.9. The van der Waals surface area contributed by atoms with Crippen molar-refractivity contribution in [3.63, 3.8) is 0 Å². The Bertz CT molecular complexity index is 567. The Morgan fingerprint density at radius 1 is 1.18 bits per heavy atom. The van der Waals surface area contributed by atoms with Gasteiger partial charge in [-0.25, -0.2) is 0 Å². The quantitative estimate of drug-likeness (QED) is 0.921. The molecule has 0 amide bonds. The minimum atomic E-state index is 0.657. The average Bonchev–Trinajstić information content (AvgIpc) is 2.65. The number of nitrogen functional groups attached to an aromatic ring is 1. The number of aromatic nitrogens is 4. The number of nitrogens with two attached hydrogens (primary N) is 1. The molecule has 0 radical (unpaired) electrons. The zero-order chi connectivity index (χ0) is 12.7. The number of halogens is 1. The second-order valence-corrected chi connectivity index (χ2v) is 5.01. The van der Waals surface area contributed by atoms with Crippen LogP contribution in [0, 0.1) is 20.8 Å². The minimum Gasteiger partial charge on any atom is -0.384 e. The maximum Gasteiger partial charge on any atom is 0.126 e. The molecule has 0 bridgehead atoms. The van der Waals surface area contributed by atoms with E-state index < -0.39 is 0 Å². The van der Waals surface area contributed by atoms with E-state index in [1.54, 1.807) is 4.68 Å². The highest BCUT2D eigenvalue weighted by molar-refractivity contribution is 9.10. The summed E-state index contributed by atoms with van der Waals surface area (Å²) in [5.74, 6) is 0.700. The van der Waals surface area contributed by atoms with Crippen molar-refractivity contribution in [1.82, 2.24) is 19.6 Å². The van der Waals surface area contributed by atoms with Crippen LogP contribution < -0.4 is 5.73 Å². The molecule has 0 saturated carbocycles. The van der Waals surface area contributed by atoms with Gasteiger partial charge in [-0.05, 0) is 36.7 Å². The van der Waals surface area contributed by atoms with Gasteiger partial charge in [0.1, 0.15) is 5.82 Å². The first-order chi connectivity index (χ1) is 7.91. The molecule has 0 aliphatic heterocycles. The smallest absolute Gasteiger partial charge is 0.126 e. The third kappa shape index (κ3) is 1.97. The van der Waals surface area contributed by atoms with Crippen molar-refractivity contribution in [2.24, 2.45) is 7.05 Å². The number of anilines is 1. The van der Waals surface area contributed by atoms with Gasteiger partial charge in [0.2, 0.25) is 0 Å². The molecule has 0 aromatic carbocycles. The van der Waals surface area contributed by atoms with Gasteiger partial charge in [-0.15, -0.1) is 0 Å². The maximum atomic E-state index is 5.99. The van der Waals surface area contributed by atoms with Crippen molar-refractivity contribution < 1.29 is 0 Å². The van der Waals surface area contributed by atoms with E-state index in [0.29, 0.717) is 12.4 Å². The highest BCUT2D eigenvalue weighted by Crippen LogP contribution is 2.23. The summed E-state index contributed by atoms with van der Waals surface area (Å²) in [5, 5.41) is 8.78. The van der Waals surface area contributed by atoms with Gasteiger partial charge in [0.25, 0.3) is 0 Å². The SMILES string of the molecule is Cc1nn(Cc2c(C)nn(C)c2N)c(C)c1Br. The fourth-order valence-corrected chi connectivity index (χ4v) is 2.18. The molecule has 6 heteroatoms. The van der Waals surface area contributed by atoms with Gasteiger partial charge in [0, 0.05) is 12.6 Å². The van der Waals surface area contributed by atoms with E-state index in [-0.39, 0.29) is 0 Å². The Morgan fingerprint density at radius 2 is 1.82 bits per heavy atom. The molecular formula is C11H16BrN5. The van der Waals surface area contributed by atoms with Gasteiger partial charge in [-0.3, -0.25) is 9.36 Å². The number of hydrogen-bond acceptors (Lipinski definition) is 3. The van der Waals surface area contributed by atoms with Gasteiger partial charge < -0.3 is 5.73 Å². The fraction of sp³-hybridized carbons (Fsp3) is 0.455. The fourth-order valence-electron chi connectivity index (χ4n) is 1.89. The van der Waals surface area contributed by atoms with Crippen LogP contribution in [0.3, 0.4) is 0 Å². The van der Waals surface area contributed by atoms with E-state index in [9.17, 15) is 0 Å². The predicted octanol–water partition coefficient (Wildman–Crippen LogP) is 1.93. The summed E-state index contributed by atoms with van der Waals surface area (Å²) in [4.78, 5) is 0. The van der Waals surface area contributed by atoms with Crippen molar-refractivity contribution in [3.8, 4) is 0 Å². The van der Waals surface area contributed by atoms with Crippen LogP contribution in [0.4, 0.5) is 5.82 Å². The average molecular weight is 298 g/mol. The summed E-state index contributed by atoms with van der Waals surface area (Å²) in [6.07, 6.45) is 0. The van der Waals surface area contributed by atoms with Gasteiger partial charge in [-0.2, -0.15) is 10.2 Å². The maximum absolute atomic E-state index is 5.99. The Labute approximate surface area is 109 Å². The van der Waals surface area contributed by atoms with Crippen LogP contribution in [0.1, 0.15) is 22.6 Å². The number of hydrogen-bond donors (Lipinski definition) is 1. The predicted molar refractivity (Wildman–Crippen MR) is 70.9 cm³/mol. The molecule has 5 nitrogen and oxygen atoms in total. The van der Waals surface area contributed by atoms with Crippen LogP contribution in [0.15, 0.2) is 4.47 Å². The lowest BCUT2D eigenvalue weighted by Crippen LogP contribution is -2.07. The molecular weight excluding hydrogens is 282 g/mol. The first-order valence-corrected chi connectivity index (χ1v) is 6.18. The van der Waals surface area contributed by atoms with Crippen molar-refractivity contribution >= 4 is 21.7 Å². The van der Waals surface area contributed by atoms with E-state index in [4.69, 9.17) is 5.73 Å². The van der Waals surface area contributed by atoms with Gasteiger partial charge in [0.05, 0.1) is 28.1 Å². The zero-order valence-corrected chi connectivity index (χ0v) is 12.0. The lowest BCUT2D eigenvalue weighted by Gasteiger charge is -2.05. The van der Waals surface area contributed by atoms with E-state index in [1.165, 1.54) is 0 Å². The van der Waals surface area contributed by atoms with Crippen molar-refractivity contribution in [2.45, 2.75) is 27.3 Å². The van der Waals surface area contributed by atoms with E-state index >= 15 is 0 Å². The number of rotatable bonds is 2. The molecule has 2 rings (SSSR count). The van der Waals surface area contributed by atoms with Crippen molar-refractivity contribution in [1.29, 1.82) is 0 Å². The summed E-state index contributed by atoms with van der Waals surface area (Å²) in [6, 6.07) is 0. The molecule has 0 atom stereocenters. The first kappa shape index (κ1) is 12.2. The first-order valence-electron chi connectivity index (χ1n) is 5.39. The molecule has 0 aliphatic rings. The molecule has 0 spiro atoms. The van der Waals surface area contributed by atoms with Crippen LogP contribution >= 0.6 is 15.9 Å². The molecule has 17 heavy (non-hydrogen) atoms. The van der Waals surface area contributed by atoms with E-state index in [1.807, 2.05) is 32.5 Å². The zero-order valence-electron chi connectivity index (χ0n) is 10.5. The topological polar surface area (TPSA) is 61.7 Å². The summed E-state index contributed by atoms with van der Waals surface area (Å²) in [6.45, 7) is 6.63. The second kappa shape index (κ2) is 4.18. The van der Waals surface area contributed by atoms with Gasteiger partial charge >= 0.3 is 0 Å². The molecule has 92 valence electrons. The normalized spacial score (nSPS) is 11.1. The molecule has 2 heterocycles. The summed E-state index contributed by atoms with van der Waals surface area (Å²) >= 11 is 3.52. The number of nitrogens with zero attached hydrogens (tertiary/aromatic N) is 4.